The lowest BCUT2D eigenvalue weighted by molar-refractivity contribution is 0.199. The number of benzene rings is 1. The summed E-state index contributed by atoms with van der Waals surface area (Å²) in [6.45, 7) is 1.84. The number of hydrogen-bond donors (Lipinski definition) is 1. The van der Waals surface area contributed by atoms with Crippen molar-refractivity contribution in [3.05, 3.63) is 29.6 Å². The van der Waals surface area contributed by atoms with Gasteiger partial charge in [-0.15, -0.1) is 0 Å². The molecule has 106 valence electrons. The van der Waals surface area contributed by atoms with Crippen LogP contribution in [-0.4, -0.2) is 17.7 Å². The van der Waals surface area contributed by atoms with Crippen molar-refractivity contribution in [2.45, 2.75) is 56.7 Å². The fourth-order valence-electron chi connectivity index (χ4n) is 2.91. The van der Waals surface area contributed by atoms with Gasteiger partial charge in [0, 0.05) is 12.5 Å². The highest BCUT2D eigenvalue weighted by Gasteiger charge is 2.43. The summed E-state index contributed by atoms with van der Waals surface area (Å²) in [7, 11) is 0. The van der Waals surface area contributed by atoms with Crippen LogP contribution in [-0.2, 0) is 0 Å². The third kappa shape index (κ3) is 2.78. The largest absolute Gasteiger partial charge is 0.490 e. The lowest BCUT2D eigenvalue weighted by atomic mass is 9.99. The maximum atomic E-state index is 13.1. The average molecular weight is 274 g/mol. The summed E-state index contributed by atoms with van der Waals surface area (Å²) in [6, 6.07) is 7.51. The van der Waals surface area contributed by atoms with Gasteiger partial charge in [0.05, 0.1) is 6.07 Å². The molecule has 0 radical (unpaired) electrons. The number of nitriles is 1. The van der Waals surface area contributed by atoms with E-state index in [2.05, 4.69) is 11.4 Å². The van der Waals surface area contributed by atoms with E-state index in [0.717, 1.165) is 24.2 Å². The van der Waals surface area contributed by atoms with Crippen LogP contribution in [0.1, 0.15) is 37.7 Å². The van der Waals surface area contributed by atoms with Gasteiger partial charge < -0.3 is 4.74 Å². The van der Waals surface area contributed by atoms with Crippen LogP contribution in [0, 0.1) is 24.1 Å². The van der Waals surface area contributed by atoms with Gasteiger partial charge in [-0.25, -0.2) is 4.39 Å². The Hall–Kier alpha value is -1.60. The Bertz CT molecular complexity index is 550. The molecule has 0 spiro atoms. The second-order valence-corrected chi connectivity index (χ2v) is 6.00. The third-order valence-electron chi connectivity index (χ3n) is 4.17. The Morgan fingerprint density at radius 3 is 2.85 bits per heavy atom. The van der Waals surface area contributed by atoms with Crippen molar-refractivity contribution in [1.82, 2.24) is 5.32 Å². The van der Waals surface area contributed by atoms with Gasteiger partial charge in [0.25, 0.3) is 0 Å². The summed E-state index contributed by atoms with van der Waals surface area (Å²) in [5, 5.41) is 12.9. The minimum absolute atomic E-state index is 0.0325. The molecule has 0 saturated heterocycles. The highest BCUT2D eigenvalue weighted by Crippen LogP contribution is 2.36. The molecule has 2 atom stereocenters. The van der Waals surface area contributed by atoms with Crippen LogP contribution >= 0.6 is 0 Å². The summed E-state index contributed by atoms with van der Waals surface area (Å²) in [4.78, 5) is 0. The highest BCUT2D eigenvalue weighted by molar-refractivity contribution is 5.33. The van der Waals surface area contributed by atoms with Crippen LogP contribution in [0.5, 0.6) is 5.75 Å². The molecule has 0 bridgehead atoms. The second-order valence-electron chi connectivity index (χ2n) is 6.00. The Morgan fingerprint density at radius 2 is 2.20 bits per heavy atom. The lowest BCUT2D eigenvalue weighted by Gasteiger charge is -2.23. The van der Waals surface area contributed by atoms with Gasteiger partial charge in [-0.05, 0) is 56.4 Å². The number of ether oxygens (including phenoxy) is 1. The first-order chi connectivity index (χ1) is 9.60. The van der Waals surface area contributed by atoms with E-state index in [0.29, 0.717) is 12.5 Å². The molecule has 1 N–H and O–H groups in total. The summed E-state index contributed by atoms with van der Waals surface area (Å²) >= 11 is 0. The summed E-state index contributed by atoms with van der Waals surface area (Å²) in [5.74, 6) is 0.472. The van der Waals surface area contributed by atoms with Crippen molar-refractivity contribution >= 4 is 0 Å². The predicted molar refractivity (Wildman–Crippen MR) is 73.9 cm³/mol. The molecule has 2 aliphatic carbocycles. The molecule has 20 heavy (non-hydrogen) atoms. The number of aryl methyl sites for hydroxylation is 1. The molecule has 0 heterocycles. The Kier molecular flexibility index (Phi) is 3.39. The number of hydrogen-bond acceptors (Lipinski definition) is 3. The molecule has 4 heteroatoms. The lowest BCUT2D eigenvalue weighted by Crippen LogP contribution is -2.43. The zero-order chi connectivity index (χ0) is 14.2. The monoisotopic (exact) mass is 274 g/mol. The zero-order valence-electron chi connectivity index (χ0n) is 11.7. The van der Waals surface area contributed by atoms with Crippen LogP contribution < -0.4 is 10.1 Å². The van der Waals surface area contributed by atoms with Gasteiger partial charge in [0.1, 0.15) is 23.2 Å². The zero-order valence-corrected chi connectivity index (χ0v) is 11.7. The molecule has 3 rings (SSSR count). The van der Waals surface area contributed by atoms with Gasteiger partial charge in [-0.2, -0.15) is 5.26 Å². The molecule has 1 aromatic carbocycles. The van der Waals surface area contributed by atoms with Gasteiger partial charge >= 0.3 is 0 Å². The Labute approximate surface area is 118 Å². The third-order valence-corrected chi connectivity index (χ3v) is 4.17. The van der Waals surface area contributed by atoms with Crippen molar-refractivity contribution in [2.24, 2.45) is 0 Å². The van der Waals surface area contributed by atoms with Gasteiger partial charge in [-0.3, -0.25) is 5.32 Å². The molecular formula is C16H19FN2O. The molecule has 3 nitrogen and oxygen atoms in total. The van der Waals surface area contributed by atoms with E-state index in [1.807, 2.05) is 6.92 Å². The molecule has 2 saturated carbocycles. The number of nitrogens with one attached hydrogen (secondary N) is 1. The van der Waals surface area contributed by atoms with Crippen molar-refractivity contribution in [3.63, 3.8) is 0 Å². The van der Waals surface area contributed by atoms with Crippen molar-refractivity contribution < 1.29 is 9.13 Å². The molecule has 0 aliphatic heterocycles. The minimum atomic E-state index is -0.431. The van der Waals surface area contributed by atoms with E-state index in [-0.39, 0.29) is 11.9 Å². The van der Waals surface area contributed by atoms with E-state index < -0.39 is 5.54 Å². The fraction of sp³-hybridized carbons (Fsp3) is 0.562. The Morgan fingerprint density at radius 1 is 1.40 bits per heavy atom. The minimum Gasteiger partial charge on any atom is -0.490 e. The molecule has 2 fully saturated rings. The SMILES string of the molecule is Cc1cc(F)ccc1OC1CCC(C#N)(NC2CC2)C1. The van der Waals surface area contributed by atoms with E-state index in [1.165, 1.54) is 25.0 Å². The van der Waals surface area contributed by atoms with Gasteiger partial charge in [-0.1, -0.05) is 0 Å². The topological polar surface area (TPSA) is 45.0 Å². The van der Waals surface area contributed by atoms with Crippen LogP contribution in [0.3, 0.4) is 0 Å². The van der Waals surface area contributed by atoms with Gasteiger partial charge in [0.2, 0.25) is 0 Å². The Balaban J connectivity index is 1.66. The first-order valence-electron chi connectivity index (χ1n) is 7.22. The quantitative estimate of drug-likeness (QED) is 0.917. The van der Waals surface area contributed by atoms with Crippen molar-refractivity contribution in [1.29, 1.82) is 5.26 Å². The summed E-state index contributed by atoms with van der Waals surface area (Å²) in [5.41, 5.74) is 0.370. The molecule has 2 aliphatic rings. The van der Waals surface area contributed by atoms with E-state index in [1.54, 1.807) is 6.07 Å². The maximum absolute atomic E-state index is 13.1. The molecular weight excluding hydrogens is 255 g/mol. The molecule has 0 aromatic heterocycles. The van der Waals surface area contributed by atoms with E-state index >= 15 is 0 Å². The first-order valence-corrected chi connectivity index (χ1v) is 7.22. The number of rotatable bonds is 4. The van der Waals surface area contributed by atoms with Crippen molar-refractivity contribution in [3.8, 4) is 11.8 Å². The van der Waals surface area contributed by atoms with Crippen molar-refractivity contribution in [2.75, 3.05) is 0 Å². The second kappa shape index (κ2) is 5.06. The highest BCUT2D eigenvalue weighted by atomic mass is 19.1. The summed E-state index contributed by atoms with van der Waals surface area (Å²) in [6.07, 6.45) is 4.77. The van der Waals surface area contributed by atoms with Gasteiger partial charge in [0.15, 0.2) is 0 Å². The smallest absolute Gasteiger partial charge is 0.123 e. The predicted octanol–water partition coefficient (Wildman–Crippen LogP) is 3.08. The molecule has 1 aromatic rings. The normalized spacial score (nSPS) is 29.1. The van der Waals surface area contributed by atoms with E-state index in [4.69, 9.17) is 4.74 Å². The van der Waals surface area contributed by atoms with Crippen LogP contribution in [0.15, 0.2) is 18.2 Å². The van der Waals surface area contributed by atoms with Crippen LogP contribution in [0.25, 0.3) is 0 Å². The molecule has 2 unspecified atom stereocenters. The first kappa shape index (κ1) is 13.4. The standard InChI is InChI=1S/C16H19FN2O/c1-11-8-12(17)2-5-15(11)20-14-6-7-16(9-14,10-18)19-13-3-4-13/h2,5,8,13-14,19H,3-4,6-7,9H2,1H3. The van der Waals surface area contributed by atoms with Crippen LogP contribution in [0.2, 0.25) is 0 Å². The summed E-state index contributed by atoms with van der Waals surface area (Å²) < 4.78 is 19.0. The van der Waals surface area contributed by atoms with E-state index in [9.17, 15) is 9.65 Å². The number of nitrogens with zero attached hydrogens (tertiary/aromatic N) is 1. The fourth-order valence-corrected chi connectivity index (χ4v) is 2.91. The average Bonchev–Trinajstić information content (AvgIpc) is 3.13. The maximum Gasteiger partial charge on any atom is 0.123 e. The van der Waals surface area contributed by atoms with Crippen LogP contribution in [0.4, 0.5) is 4.39 Å². The number of halogens is 1. The molecule has 0 amide bonds.